The molecule has 0 atom stereocenters. The summed E-state index contributed by atoms with van der Waals surface area (Å²) in [5.74, 6) is 0.363. The lowest BCUT2D eigenvalue weighted by molar-refractivity contribution is -0.128. The lowest BCUT2D eigenvalue weighted by Crippen LogP contribution is -2.40. The molecule has 0 saturated heterocycles. The lowest BCUT2D eigenvalue weighted by atomic mass is 9.83. The summed E-state index contributed by atoms with van der Waals surface area (Å²) < 4.78 is 10.6. The number of Topliss-reactive ketones (excluding diaryl/α,β-unsaturated/α-hetero) is 1. The van der Waals surface area contributed by atoms with Crippen LogP contribution in [0.5, 0.6) is 0 Å². The summed E-state index contributed by atoms with van der Waals surface area (Å²) in [6.07, 6.45) is 4.03. The number of nitrogens with one attached hydrogen (secondary N) is 2. The monoisotopic (exact) mass is 400 g/mol. The van der Waals surface area contributed by atoms with Crippen LogP contribution in [-0.2, 0) is 23.9 Å². The Morgan fingerprint density at radius 3 is 2.14 bits per heavy atom. The Kier molecular flexibility index (Phi) is 15.6. The Hall–Kier alpha value is -1.47. The first-order valence-corrected chi connectivity index (χ1v) is 10.7. The highest BCUT2D eigenvalue weighted by molar-refractivity contribution is 5.81. The quantitative estimate of drug-likeness (QED) is 0.491. The van der Waals surface area contributed by atoms with Crippen molar-refractivity contribution < 1.29 is 23.9 Å². The molecule has 1 rings (SSSR count). The Morgan fingerprint density at radius 1 is 0.964 bits per heavy atom. The molecule has 7 heteroatoms. The lowest BCUT2D eigenvalue weighted by Gasteiger charge is -2.28. The molecule has 0 unspecified atom stereocenters. The van der Waals surface area contributed by atoms with E-state index in [1.807, 2.05) is 34.6 Å². The molecule has 1 aliphatic carbocycles. The molecule has 0 aromatic carbocycles. The number of carbonyl (C=O) groups excluding carboxylic acids is 3. The molecule has 2 N–H and O–H groups in total. The Morgan fingerprint density at radius 2 is 1.57 bits per heavy atom. The molecule has 0 aromatic heterocycles. The van der Waals surface area contributed by atoms with E-state index in [2.05, 4.69) is 10.6 Å². The minimum Gasteiger partial charge on any atom is -0.377 e. The number of amides is 2. The predicted molar refractivity (Wildman–Crippen MR) is 110 cm³/mol. The highest BCUT2D eigenvalue weighted by Gasteiger charge is 2.25. The van der Waals surface area contributed by atoms with Crippen LogP contribution in [0.1, 0.15) is 66.7 Å². The Balaban J connectivity index is 0.00000352. The van der Waals surface area contributed by atoms with Crippen LogP contribution in [0.4, 0.5) is 0 Å². The second-order valence-corrected chi connectivity index (χ2v) is 7.05. The zero-order valence-electron chi connectivity index (χ0n) is 18.3. The maximum Gasteiger partial charge on any atom is 0.246 e. The van der Waals surface area contributed by atoms with Crippen LogP contribution in [0.2, 0.25) is 0 Å². The van der Waals surface area contributed by atoms with E-state index >= 15 is 0 Å². The van der Waals surface area contributed by atoms with Gasteiger partial charge in [0.25, 0.3) is 0 Å². The molecule has 0 bridgehead atoms. The summed E-state index contributed by atoms with van der Waals surface area (Å²) >= 11 is 0. The van der Waals surface area contributed by atoms with Gasteiger partial charge >= 0.3 is 0 Å². The van der Waals surface area contributed by atoms with E-state index < -0.39 is 0 Å². The van der Waals surface area contributed by atoms with Crippen molar-refractivity contribution in [1.29, 1.82) is 0 Å². The summed E-state index contributed by atoms with van der Waals surface area (Å²) in [6, 6.07) is 0.146. The van der Waals surface area contributed by atoms with Crippen molar-refractivity contribution in [2.75, 3.05) is 33.0 Å². The van der Waals surface area contributed by atoms with Gasteiger partial charge in [-0.05, 0) is 25.7 Å². The largest absolute Gasteiger partial charge is 0.377 e. The van der Waals surface area contributed by atoms with Gasteiger partial charge in [-0.1, -0.05) is 34.6 Å². The van der Waals surface area contributed by atoms with Gasteiger partial charge in [-0.15, -0.1) is 0 Å². The fraction of sp³-hybridized carbons (Fsp3) is 0.857. The summed E-state index contributed by atoms with van der Waals surface area (Å²) in [4.78, 5) is 34.9. The van der Waals surface area contributed by atoms with E-state index in [4.69, 9.17) is 9.47 Å². The molecule has 1 aliphatic rings. The predicted octanol–water partition coefficient (Wildman–Crippen LogP) is 2.47. The third-order valence-corrected chi connectivity index (χ3v) is 4.57. The first-order chi connectivity index (χ1) is 13.4. The van der Waals surface area contributed by atoms with Gasteiger partial charge in [0.1, 0.15) is 12.4 Å². The first kappa shape index (κ1) is 26.5. The van der Waals surface area contributed by atoms with E-state index in [0.29, 0.717) is 38.6 Å². The number of hydrogen-bond acceptors (Lipinski definition) is 5. The van der Waals surface area contributed by atoms with Gasteiger partial charge in [0.2, 0.25) is 11.8 Å². The van der Waals surface area contributed by atoms with E-state index in [-0.39, 0.29) is 36.3 Å². The van der Waals surface area contributed by atoms with E-state index in [1.54, 1.807) is 0 Å². The number of rotatable bonds is 12. The number of hydrogen-bond donors (Lipinski definition) is 2. The van der Waals surface area contributed by atoms with Crippen molar-refractivity contribution >= 4 is 17.6 Å². The van der Waals surface area contributed by atoms with Gasteiger partial charge in [-0.2, -0.15) is 0 Å². The molecule has 0 aliphatic heterocycles. The van der Waals surface area contributed by atoms with Gasteiger partial charge in [-0.3, -0.25) is 14.4 Å². The van der Waals surface area contributed by atoms with Crippen LogP contribution in [0.15, 0.2) is 0 Å². The van der Waals surface area contributed by atoms with Crippen LogP contribution in [0.3, 0.4) is 0 Å². The normalized spacial score (nSPS) is 18.8. The van der Waals surface area contributed by atoms with Crippen molar-refractivity contribution in [1.82, 2.24) is 10.6 Å². The molecular formula is C21H40N2O5. The van der Waals surface area contributed by atoms with E-state index in [0.717, 1.165) is 25.7 Å². The summed E-state index contributed by atoms with van der Waals surface area (Å²) in [5, 5.41) is 5.73. The average Bonchev–Trinajstić information content (AvgIpc) is 2.71. The van der Waals surface area contributed by atoms with E-state index in [9.17, 15) is 14.4 Å². The van der Waals surface area contributed by atoms with Crippen molar-refractivity contribution in [2.45, 2.75) is 72.8 Å². The first-order valence-electron chi connectivity index (χ1n) is 10.7. The molecule has 0 heterocycles. The minimum absolute atomic E-state index is 0.00890. The van der Waals surface area contributed by atoms with E-state index in [1.165, 1.54) is 0 Å². The van der Waals surface area contributed by atoms with Gasteiger partial charge in [0.15, 0.2) is 0 Å². The van der Waals surface area contributed by atoms with Crippen molar-refractivity contribution in [3.05, 3.63) is 0 Å². The molecule has 0 radical (unpaired) electrons. The fourth-order valence-corrected chi connectivity index (χ4v) is 2.95. The number of carbonyl (C=O) groups is 3. The smallest absolute Gasteiger partial charge is 0.246 e. The molecule has 164 valence electrons. The van der Waals surface area contributed by atoms with Crippen LogP contribution >= 0.6 is 0 Å². The van der Waals surface area contributed by atoms with Crippen molar-refractivity contribution in [3.63, 3.8) is 0 Å². The van der Waals surface area contributed by atoms with Crippen LogP contribution < -0.4 is 10.6 Å². The molecule has 1 saturated carbocycles. The highest BCUT2D eigenvalue weighted by atomic mass is 16.5. The van der Waals surface area contributed by atoms with Crippen molar-refractivity contribution in [2.24, 2.45) is 11.8 Å². The molecule has 28 heavy (non-hydrogen) atoms. The molecule has 0 spiro atoms. The van der Waals surface area contributed by atoms with Crippen LogP contribution in [0.25, 0.3) is 0 Å². The SMILES string of the molecule is CC.CCC(=O)C1CCC(NC(=O)COCCOCCNC(=O)C(C)C)CC1. The van der Waals surface area contributed by atoms with Gasteiger partial charge < -0.3 is 20.1 Å². The van der Waals surface area contributed by atoms with Gasteiger partial charge in [0, 0.05) is 30.8 Å². The highest BCUT2D eigenvalue weighted by Crippen LogP contribution is 2.25. The maximum absolute atomic E-state index is 11.9. The van der Waals surface area contributed by atoms with Crippen molar-refractivity contribution in [3.8, 4) is 0 Å². The summed E-state index contributed by atoms with van der Waals surface area (Å²) in [6.45, 7) is 11.2. The third-order valence-electron chi connectivity index (χ3n) is 4.57. The number of ketones is 1. The maximum atomic E-state index is 11.9. The van der Waals surface area contributed by atoms with Gasteiger partial charge in [-0.25, -0.2) is 0 Å². The number of ether oxygens (including phenoxy) is 2. The second-order valence-electron chi connectivity index (χ2n) is 7.05. The van der Waals surface area contributed by atoms with Crippen LogP contribution in [0, 0.1) is 11.8 Å². The zero-order chi connectivity index (χ0) is 21.4. The molecule has 7 nitrogen and oxygen atoms in total. The Labute approximate surface area is 170 Å². The second kappa shape index (κ2) is 16.5. The summed E-state index contributed by atoms with van der Waals surface area (Å²) in [5.41, 5.74) is 0. The molecular weight excluding hydrogens is 360 g/mol. The van der Waals surface area contributed by atoms with Gasteiger partial charge in [0.05, 0.1) is 19.8 Å². The molecule has 1 fully saturated rings. The zero-order valence-corrected chi connectivity index (χ0v) is 18.3. The minimum atomic E-state index is -0.125. The fourth-order valence-electron chi connectivity index (χ4n) is 2.95. The Bertz CT molecular complexity index is 446. The summed E-state index contributed by atoms with van der Waals surface area (Å²) in [7, 11) is 0. The van der Waals surface area contributed by atoms with Crippen LogP contribution in [-0.4, -0.2) is 56.6 Å². The molecule has 0 aromatic rings. The third kappa shape index (κ3) is 12.1. The average molecular weight is 401 g/mol. The molecule has 2 amide bonds. The standard InChI is InChI=1S/C19H34N2O5.C2H6/c1-4-17(22)15-5-7-16(8-6-15)21-18(23)13-26-12-11-25-10-9-20-19(24)14(2)3;1-2/h14-16H,4-13H2,1-3H3,(H,20,24)(H,21,23);1-2H3. The topological polar surface area (TPSA) is 93.7 Å².